The van der Waals surface area contributed by atoms with Gasteiger partial charge in [0.2, 0.25) is 0 Å². The molecule has 0 heterocycles. The van der Waals surface area contributed by atoms with Gasteiger partial charge >= 0.3 is 73.8 Å². The first-order chi connectivity index (χ1) is 5.34. The van der Waals surface area contributed by atoms with E-state index >= 15 is 0 Å². The van der Waals surface area contributed by atoms with E-state index in [4.69, 9.17) is 3.07 Å². The zero-order chi connectivity index (χ0) is 8.10. The van der Waals surface area contributed by atoms with E-state index in [2.05, 4.69) is 0 Å². The van der Waals surface area contributed by atoms with Gasteiger partial charge < -0.3 is 0 Å². The van der Waals surface area contributed by atoms with Gasteiger partial charge in [-0.1, -0.05) is 0 Å². The zero-order valence-corrected chi connectivity index (χ0v) is 9.26. The van der Waals surface area contributed by atoms with Crippen molar-refractivity contribution in [2.45, 2.75) is 6.92 Å². The van der Waals surface area contributed by atoms with Crippen molar-refractivity contribution in [3.8, 4) is 0 Å². The van der Waals surface area contributed by atoms with E-state index in [0.717, 1.165) is 3.58 Å². The van der Waals surface area contributed by atoms with Crippen LogP contribution in [-0.2, 0) is 6.15 Å². The van der Waals surface area contributed by atoms with E-state index in [1.165, 1.54) is 0 Å². The fourth-order valence-electron chi connectivity index (χ4n) is 0.789. The van der Waals surface area contributed by atoms with Gasteiger partial charge in [0, 0.05) is 0 Å². The molecule has 0 bridgehead atoms. The Hall–Kier alpha value is -0.221. The third kappa shape index (κ3) is 2.71. The third-order valence-electron chi connectivity index (χ3n) is 1.28. The molecular weight excluding hydrogens is 247 g/mol. The molecule has 0 fully saturated rings. The van der Waals surface area contributed by atoms with Crippen LogP contribution in [0.3, 0.4) is 0 Å². The number of benzene rings is 1. The number of hydrogen-bond acceptors (Lipinski definition) is 2. The summed E-state index contributed by atoms with van der Waals surface area (Å²) in [5, 5.41) is 0. The van der Waals surface area contributed by atoms with Gasteiger partial charge in [-0.05, 0) is 0 Å². The van der Waals surface area contributed by atoms with Gasteiger partial charge in [0.25, 0.3) is 0 Å². The molecule has 0 radical (unpaired) electrons. The minimum atomic E-state index is -2.84. The van der Waals surface area contributed by atoms with Crippen molar-refractivity contribution in [3.63, 3.8) is 0 Å². The maximum absolute atomic E-state index is 11.3. The van der Waals surface area contributed by atoms with Crippen LogP contribution < -0.4 is 3.58 Å². The van der Waals surface area contributed by atoms with Crippen LogP contribution in [0.4, 0.5) is 0 Å². The fraction of sp³-hybridized carbons (Fsp3) is 0.250. The van der Waals surface area contributed by atoms with E-state index in [1.54, 1.807) is 0 Å². The Morgan fingerprint density at radius 1 is 1.36 bits per heavy atom. The Balaban J connectivity index is 2.69. The first kappa shape index (κ1) is 8.87. The van der Waals surface area contributed by atoms with Gasteiger partial charge in [-0.25, -0.2) is 0 Å². The Labute approximate surface area is 73.9 Å². The van der Waals surface area contributed by atoms with Gasteiger partial charge in [-0.15, -0.1) is 0 Å². The summed E-state index contributed by atoms with van der Waals surface area (Å²) in [6.07, 6.45) is 0. The summed E-state index contributed by atoms with van der Waals surface area (Å²) < 4.78 is 17.3. The molecule has 0 spiro atoms. The second kappa shape index (κ2) is 4.61. The molecule has 0 aliphatic carbocycles. The predicted molar refractivity (Wildman–Crippen MR) is 44.1 cm³/mol. The Kier molecular flexibility index (Phi) is 3.72. The minimum absolute atomic E-state index is 0.549. The van der Waals surface area contributed by atoms with Gasteiger partial charge in [0.05, 0.1) is 0 Å². The molecule has 58 valence electrons. The Morgan fingerprint density at radius 2 is 2.00 bits per heavy atom. The summed E-state index contributed by atoms with van der Waals surface area (Å²) in [6, 6.07) is 9.39. The Bertz CT molecular complexity index is 233. The van der Waals surface area contributed by atoms with Crippen LogP contribution in [0.1, 0.15) is 6.92 Å². The topological polar surface area (TPSA) is 26.3 Å². The van der Waals surface area contributed by atoms with E-state index in [-0.39, 0.29) is 0 Å². The molecule has 3 heteroatoms. The van der Waals surface area contributed by atoms with E-state index in [1.807, 2.05) is 37.3 Å². The van der Waals surface area contributed by atoms with Crippen LogP contribution in [0.2, 0.25) is 0 Å². The van der Waals surface area contributed by atoms with Gasteiger partial charge in [0.1, 0.15) is 0 Å². The molecule has 0 aliphatic heterocycles. The molecule has 0 aromatic heterocycles. The molecule has 0 atom stereocenters. The molecule has 0 saturated heterocycles. The van der Waals surface area contributed by atoms with Crippen LogP contribution in [0.5, 0.6) is 0 Å². The Morgan fingerprint density at radius 3 is 2.55 bits per heavy atom. The summed E-state index contributed by atoms with van der Waals surface area (Å²) in [6.45, 7) is 2.41. The van der Waals surface area contributed by atoms with Crippen molar-refractivity contribution < 1.29 is 6.15 Å². The molecule has 0 N–H and O–H groups in total. The van der Waals surface area contributed by atoms with Crippen molar-refractivity contribution in [3.05, 3.63) is 30.3 Å². The molecule has 1 aromatic rings. The molecule has 0 aliphatic rings. The molecule has 0 unspecified atom stereocenters. The summed E-state index contributed by atoms with van der Waals surface area (Å²) in [4.78, 5) is 0. The van der Waals surface area contributed by atoms with Crippen molar-refractivity contribution >= 4 is 23.7 Å². The van der Waals surface area contributed by atoms with Crippen LogP contribution in [-0.4, -0.2) is 26.8 Å². The monoisotopic (exact) mass is 258 g/mol. The van der Waals surface area contributed by atoms with Crippen LogP contribution in [0, 0.1) is 0 Å². The number of hydrogen-bond donors (Lipinski definition) is 0. The van der Waals surface area contributed by atoms with Crippen LogP contribution in [0.25, 0.3) is 0 Å². The molecule has 0 amide bonds. The van der Waals surface area contributed by atoms with Crippen molar-refractivity contribution in [1.29, 1.82) is 0 Å². The van der Waals surface area contributed by atoms with E-state index in [0.29, 0.717) is 6.61 Å². The van der Waals surface area contributed by atoms with Gasteiger partial charge in [0.15, 0.2) is 0 Å². The summed E-state index contributed by atoms with van der Waals surface area (Å²) >= 11 is -2.84. The molecule has 1 aromatic carbocycles. The second-order valence-electron chi connectivity index (χ2n) is 2.09. The second-order valence-corrected chi connectivity index (χ2v) is 6.20. The summed E-state index contributed by atoms with van der Waals surface area (Å²) in [7, 11) is 0. The first-order valence-electron chi connectivity index (χ1n) is 3.56. The number of rotatable bonds is 3. The summed E-state index contributed by atoms with van der Waals surface area (Å²) in [5.41, 5.74) is 0. The van der Waals surface area contributed by atoms with E-state index in [9.17, 15) is 3.08 Å². The first-order valence-corrected chi connectivity index (χ1v) is 7.32. The average molecular weight is 257 g/mol. The third-order valence-corrected chi connectivity index (χ3v) is 5.15. The van der Waals surface area contributed by atoms with Crippen molar-refractivity contribution in [2.24, 2.45) is 0 Å². The molecule has 1 rings (SSSR count). The standard InChI is InChI=1S/C6H5.C2H5O.O.Sn/c1-2-4-6-5-3-1;1-2-3;;/h1-5H;2H2,1H3;;/q;-1;;+1. The van der Waals surface area contributed by atoms with Gasteiger partial charge in [-0.3, -0.25) is 0 Å². The van der Waals surface area contributed by atoms with E-state index < -0.39 is 20.2 Å². The summed E-state index contributed by atoms with van der Waals surface area (Å²) in [5.74, 6) is 0. The SMILES string of the molecule is CC[O][Sn](=[O])[c]1ccccc1. The van der Waals surface area contributed by atoms with Crippen LogP contribution in [0.15, 0.2) is 30.3 Å². The van der Waals surface area contributed by atoms with Crippen LogP contribution >= 0.6 is 0 Å². The van der Waals surface area contributed by atoms with Crippen molar-refractivity contribution in [1.82, 2.24) is 0 Å². The fourth-order valence-corrected chi connectivity index (χ4v) is 3.34. The molecule has 11 heavy (non-hydrogen) atoms. The normalized spacial score (nSPS) is 9.55. The van der Waals surface area contributed by atoms with Crippen molar-refractivity contribution in [2.75, 3.05) is 6.61 Å². The predicted octanol–water partition coefficient (Wildman–Crippen LogP) is 0.849. The quantitative estimate of drug-likeness (QED) is 0.750. The zero-order valence-electron chi connectivity index (χ0n) is 6.41. The molecule has 2 nitrogen and oxygen atoms in total. The molecular formula is C8H10O2Sn. The van der Waals surface area contributed by atoms with Gasteiger partial charge in [-0.2, -0.15) is 0 Å². The molecule has 0 saturated carbocycles. The average Bonchev–Trinajstić information content (AvgIpc) is 2.07. The maximum atomic E-state index is 11.3.